The SMILES string of the molecule is CC(C)OC(=O)N1CC2(C1)C(=O)N(Cc1nc3c([nH]1)CCC3)c1ccc(CC3Cc4nc(CN5C(=O)C6(CN(C(=O)OC(C)C)C6)c6ccccc65)n(CCCCO)c4C3)cc12. The summed E-state index contributed by atoms with van der Waals surface area (Å²) in [5, 5.41) is 9.70. The van der Waals surface area contributed by atoms with Gasteiger partial charge in [-0.05, 0) is 114 Å². The third-order valence-electron chi connectivity index (χ3n) is 13.8. The number of unbranched alkanes of at least 4 members (excludes halogenated alkanes) is 1. The van der Waals surface area contributed by atoms with E-state index >= 15 is 0 Å². The first-order valence-corrected chi connectivity index (χ1v) is 22.4. The molecule has 15 nitrogen and oxygen atoms in total. The van der Waals surface area contributed by atoms with Crippen LogP contribution < -0.4 is 9.80 Å². The Morgan fingerprint density at radius 1 is 0.806 bits per heavy atom. The lowest BCUT2D eigenvalue weighted by molar-refractivity contribution is -0.129. The maximum Gasteiger partial charge on any atom is 0.410 e. The molecule has 6 heterocycles. The van der Waals surface area contributed by atoms with Crippen LogP contribution in [0.1, 0.15) is 98.1 Å². The number of carbonyl (C=O) groups excluding carboxylic acids is 4. The van der Waals surface area contributed by atoms with Gasteiger partial charge in [-0.1, -0.05) is 30.3 Å². The summed E-state index contributed by atoms with van der Waals surface area (Å²) in [5.41, 5.74) is 7.57. The van der Waals surface area contributed by atoms with Crippen molar-refractivity contribution in [2.75, 3.05) is 42.6 Å². The van der Waals surface area contributed by atoms with Gasteiger partial charge in [-0.3, -0.25) is 9.59 Å². The maximum absolute atomic E-state index is 14.5. The molecule has 4 aromatic rings. The Hall–Kier alpha value is -5.70. The molecule has 2 aliphatic carbocycles. The molecule has 326 valence electrons. The van der Waals surface area contributed by atoms with Crippen LogP contribution >= 0.6 is 0 Å². The fraction of sp³-hybridized carbons (Fsp3) is 0.532. The number of benzene rings is 2. The van der Waals surface area contributed by atoms with Gasteiger partial charge in [-0.25, -0.2) is 19.6 Å². The van der Waals surface area contributed by atoms with Gasteiger partial charge in [-0.2, -0.15) is 0 Å². The number of rotatable bonds is 12. The monoisotopic (exact) mass is 844 g/mol. The minimum Gasteiger partial charge on any atom is -0.447 e. The average Bonchev–Trinajstić information content (AvgIpc) is 4.02. The first-order valence-electron chi connectivity index (χ1n) is 22.4. The van der Waals surface area contributed by atoms with Crippen LogP contribution in [0.5, 0.6) is 0 Å². The lowest BCUT2D eigenvalue weighted by Crippen LogP contribution is -2.65. The van der Waals surface area contributed by atoms with Crippen LogP contribution in [0.3, 0.4) is 0 Å². The van der Waals surface area contributed by atoms with E-state index in [1.807, 2.05) is 61.8 Å². The molecule has 0 bridgehead atoms. The van der Waals surface area contributed by atoms with Crippen molar-refractivity contribution in [3.05, 3.63) is 93.6 Å². The van der Waals surface area contributed by atoms with Crippen molar-refractivity contribution in [2.45, 2.75) is 122 Å². The van der Waals surface area contributed by atoms with E-state index in [-0.39, 0.29) is 62.7 Å². The van der Waals surface area contributed by atoms with E-state index in [9.17, 15) is 24.3 Å². The summed E-state index contributed by atoms with van der Waals surface area (Å²) >= 11 is 0. The highest BCUT2D eigenvalue weighted by molar-refractivity contribution is 6.10. The van der Waals surface area contributed by atoms with E-state index in [1.54, 1.807) is 9.80 Å². The second-order valence-corrected chi connectivity index (χ2v) is 18.8. The van der Waals surface area contributed by atoms with Crippen LogP contribution in [-0.2, 0) is 81.6 Å². The van der Waals surface area contributed by atoms with E-state index in [0.717, 1.165) is 96.0 Å². The highest BCUT2D eigenvalue weighted by atomic mass is 16.6. The molecule has 0 saturated carbocycles. The number of hydrogen-bond donors (Lipinski definition) is 2. The number of carbonyl (C=O) groups is 4. The lowest BCUT2D eigenvalue weighted by Gasteiger charge is -2.46. The molecule has 2 N–H and O–H groups in total. The molecule has 2 spiro atoms. The van der Waals surface area contributed by atoms with E-state index in [4.69, 9.17) is 19.4 Å². The topological polar surface area (TPSA) is 166 Å². The Labute approximate surface area is 361 Å². The van der Waals surface area contributed by atoms with Crippen LogP contribution in [0.2, 0.25) is 0 Å². The fourth-order valence-corrected chi connectivity index (χ4v) is 10.9. The number of fused-ring (bicyclic) bond motifs is 6. The van der Waals surface area contributed by atoms with Gasteiger partial charge in [0.05, 0.1) is 36.7 Å². The second kappa shape index (κ2) is 15.3. The number of aromatic amines is 1. The van der Waals surface area contributed by atoms with E-state index in [0.29, 0.717) is 26.1 Å². The van der Waals surface area contributed by atoms with Crippen LogP contribution in [0.4, 0.5) is 21.0 Å². The Kier molecular flexibility index (Phi) is 9.95. The van der Waals surface area contributed by atoms with Crippen molar-refractivity contribution in [1.29, 1.82) is 0 Å². The molecule has 2 aromatic heterocycles. The molecule has 10 rings (SSSR count). The molecule has 4 aliphatic heterocycles. The van der Waals surface area contributed by atoms with Crippen molar-refractivity contribution in [3.63, 3.8) is 0 Å². The average molecular weight is 845 g/mol. The molecule has 1 unspecified atom stereocenters. The largest absolute Gasteiger partial charge is 0.447 e. The zero-order chi connectivity index (χ0) is 43.1. The highest BCUT2D eigenvalue weighted by Crippen LogP contribution is 2.50. The number of nitrogens with zero attached hydrogens (tertiary/aromatic N) is 7. The molecule has 62 heavy (non-hydrogen) atoms. The number of amides is 4. The summed E-state index contributed by atoms with van der Waals surface area (Å²) < 4.78 is 13.2. The standard InChI is InChI=1S/C47H56N8O7/c1-28(2)61-44(59)51-24-46(25-51)32-10-5-6-13-37(32)55(42(46)57)23-41-50-36-20-31(21-39(36)53(41)16-7-8-17-56)18-30-14-15-38-33(19-30)47(26-52(27-47)45(60)62-29(3)4)43(58)54(38)22-40-48-34-11-9-12-35(34)49-40/h5-6,10,13-15,19,28-29,31,56H,7-9,11-12,16-18,20-27H2,1-4H3,(H,48,49). The van der Waals surface area contributed by atoms with Crippen molar-refractivity contribution in [3.8, 4) is 0 Å². The van der Waals surface area contributed by atoms with Crippen LogP contribution in [-0.4, -0.2) is 103 Å². The first kappa shape index (κ1) is 40.4. The summed E-state index contributed by atoms with van der Waals surface area (Å²) in [7, 11) is 0. The lowest BCUT2D eigenvalue weighted by atomic mass is 9.74. The zero-order valence-corrected chi connectivity index (χ0v) is 36.1. The first-order chi connectivity index (χ1) is 29.9. The maximum atomic E-state index is 14.5. The van der Waals surface area contributed by atoms with Crippen LogP contribution in [0.25, 0.3) is 0 Å². The van der Waals surface area contributed by atoms with Gasteiger partial charge in [0.1, 0.15) is 22.5 Å². The molecule has 15 heteroatoms. The summed E-state index contributed by atoms with van der Waals surface area (Å²) in [4.78, 5) is 75.0. The Morgan fingerprint density at radius 2 is 1.47 bits per heavy atom. The minimum atomic E-state index is -0.839. The van der Waals surface area contributed by atoms with Crippen molar-refractivity contribution >= 4 is 35.4 Å². The third kappa shape index (κ3) is 6.56. The summed E-state index contributed by atoms with van der Waals surface area (Å²) in [6.07, 6.45) is 5.55. The number of nitrogens with one attached hydrogen (secondary N) is 1. The molecule has 2 saturated heterocycles. The Balaban J connectivity index is 0.884. The predicted molar refractivity (Wildman–Crippen MR) is 229 cm³/mol. The molecule has 1 atom stereocenters. The number of anilines is 2. The summed E-state index contributed by atoms with van der Waals surface area (Å²) in [6.45, 7) is 9.83. The van der Waals surface area contributed by atoms with Gasteiger partial charge in [0.25, 0.3) is 0 Å². The third-order valence-corrected chi connectivity index (χ3v) is 13.8. The molecule has 6 aliphatic rings. The zero-order valence-electron chi connectivity index (χ0n) is 36.1. The summed E-state index contributed by atoms with van der Waals surface area (Å²) in [6, 6.07) is 14.3. The van der Waals surface area contributed by atoms with Gasteiger partial charge in [0.2, 0.25) is 11.8 Å². The van der Waals surface area contributed by atoms with Gasteiger partial charge in [-0.15, -0.1) is 0 Å². The molecular formula is C47H56N8O7. The van der Waals surface area contributed by atoms with Gasteiger partial charge >= 0.3 is 12.2 Å². The number of aromatic nitrogens is 4. The van der Waals surface area contributed by atoms with E-state index in [1.165, 1.54) is 11.4 Å². The fourth-order valence-electron chi connectivity index (χ4n) is 10.9. The van der Waals surface area contributed by atoms with Crippen LogP contribution in [0, 0.1) is 5.92 Å². The van der Waals surface area contributed by atoms with Gasteiger partial charge in [0.15, 0.2) is 0 Å². The number of hydrogen-bond acceptors (Lipinski definition) is 9. The minimum absolute atomic E-state index is 0.00926. The smallest absolute Gasteiger partial charge is 0.410 e. The van der Waals surface area contributed by atoms with Crippen molar-refractivity contribution < 1.29 is 33.8 Å². The summed E-state index contributed by atoms with van der Waals surface area (Å²) in [5.74, 6) is 1.86. The van der Waals surface area contributed by atoms with Crippen molar-refractivity contribution in [1.82, 2.24) is 29.3 Å². The number of H-pyrrole nitrogens is 1. The molecule has 4 amide bonds. The molecular weight excluding hydrogens is 789 g/mol. The number of aryl methyl sites for hydroxylation is 2. The van der Waals surface area contributed by atoms with Gasteiger partial charge < -0.3 is 43.7 Å². The van der Waals surface area contributed by atoms with E-state index in [2.05, 4.69) is 27.8 Å². The second-order valence-electron chi connectivity index (χ2n) is 18.8. The number of aliphatic hydroxyl groups excluding tert-OH is 1. The number of imidazole rings is 2. The number of para-hydroxylation sites is 1. The van der Waals surface area contributed by atoms with E-state index < -0.39 is 23.0 Å². The Morgan fingerprint density at radius 3 is 2.15 bits per heavy atom. The quantitative estimate of drug-likeness (QED) is 0.184. The van der Waals surface area contributed by atoms with Crippen LogP contribution in [0.15, 0.2) is 42.5 Å². The molecule has 0 radical (unpaired) electrons. The predicted octanol–water partition coefficient (Wildman–Crippen LogP) is 5.12. The normalized spacial score (nSPS) is 20.0. The van der Waals surface area contributed by atoms with Gasteiger partial charge in [0, 0.05) is 62.1 Å². The number of ether oxygens (including phenoxy) is 2. The highest BCUT2D eigenvalue weighted by Gasteiger charge is 2.61. The number of likely N-dealkylation sites (tertiary alicyclic amines) is 2. The van der Waals surface area contributed by atoms with Crippen molar-refractivity contribution in [2.24, 2.45) is 5.92 Å². The Bertz CT molecular complexity index is 2440. The molecule has 2 fully saturated rings. The number of aliphatic hydroxyl groups is 1. The molecule has 2 aromatic carbocycles.